The van der Waals surface area contributed by atoms with Crippen molar-refractivity contribution >= 4 is 17.9 Å². The minimum absolute atomic E-state index is 0.134. The molecule has 0 saturated heterocycles. The fourth-order valence-electron chi connectivity index (χ4n) is 7.33. The summed E-state index contributed by atoms with van der Waals surface area (Å²) in [6.45, 7) is 4.57. The number of carbonyl (C=O) groups excluding carboxylic acids is 3. The molecule has 0 spiro atoms. The van der Waals surface area contributed by atoms with Crippen LogP contribution in [0, 0.1) is 0 Å². The van der Waals surface area contributed by atoms with Crippen LogP contribution in [-0.4, -0.2) is 82.3 Å². The number of aliphatic carboxylic acids is 1. The third-order valence-electron chi connectivity index (χ3n) is 11.7. The first-order chi connectivity index (χ1) is 35.6. The predicted octanol–water partition coefficient (Wildman–Crippen LogP) is 15.6. The van der Waals surface area contributed by atoms with Gasteiger partial charge < -0.3 is 33.3 Å². The number of carboxylic acids is 1. The molecule has 2 atom stereocenters. The molecule has 0 aromatic carbocycles. The molecular formula is C64H105NO8. The SMILES string of the molecule is CC/C=C\C/C=C\C/C=C\C/C=C\C/C=C\C/C=C\C/C=C\C/C=C\C/C=C\C/C=C\CCCCC(=O)OC(COC(=O)CCCCCCCCCCCCCCCCC)COC(OCC[N+](C)(C)C)C(=O)[O-]. The summed E-state index contributed by atoms with van der Waals surface area (Å²) in [7, 11) is 5.89. The molecule has 0 rings (SSSR count). The van der Waals surface area contributed by atoms with Gasteiger partial charge in [-0.2, -0.15) is 0 Å². The molecule has 0 aromatic rings. The van der Waals surface area contributed by atoms with Crippen molar-refractivity contribution in [1.29, 1.82) is 0 Å². The van der Waals surface area contributed by atoms with Crippen molar-refractivity contribution < 1.29 is 42.9 Å². The standard InChI is InChI=1S/C64H105NO8/c1-6-8-10-12-14-16-18-20-22-23-24-25-26-27-28-29-30-31-32-33-34-35-36-37-38-39-41-43-45-47-49-51-53-55-62(67)73-60(59-72-64(63(68)69)70-57-56-65(3,4)5)58-71-61(66)54-52-50-48-46-44-42-40-21-19-17-15-13-11-9-7-2/h8,10,14,16,20,22,24-25,27-28,30-31,33-34,36-37,39,41,45,47,60,64H,6-7,9,11-13,15,17-19,21,23,26,29,32,35,38,40,42-44,46,48-59H2,1-5H3/b10-8-,16-14-,22-20-,25-24-,28-27-,31-30-,34-33-,37-36-,41-39-,47-45-. The van der Waals surface area contributed by atoms with Crippen molar-refractivity contribution in [2.45, 2.75) is 219 Å². The van der Waals surface area contributed by atoms with Gasteiger partial charge in [0.25, 0.3) is 0 Å². The first-order valence-corrected chi connectivity index (χ1v) is 28.7. The fourth-order valence-corrected chi connectivity index (χ4v) is 7.33. The Labute approximate surface area is 447 Å². The van der Waals surface area contributed by atoms with E-state index in [-0.39, 0.29) is 38.6 Å². The van der Waals surface area contributed by atoms with Crippen LogP contribution in [0.4, 0.5) is 0 Å². The minimum Gasteiger partial charge on any atom is -0.545 e. The second-order valence-corrected chi connectivity index (χ2v) is 19.9. The van der Waals surface area contributed by atoms with Gasteiger partial charge in [0.2, 0.25) is 0 Å². The number of rotatable bonds is 51. The van der Waals surface area contributed by atoms with E-state index >= 15 is 0 Å². The highest BCUT2D eigenvalue weighted by Crippen LogP contribution is 2.15. The maximum Gasteiger partial charge on any atom is 0.306 e. The second-order valence-electron chi connectivity index (χ2n) is 19.9. The van der Waals surface area contributed by atoms with Crippen molar-refractivity contribution in [3.8, 4) is 0 Å². The largest absolute Gasteiger partial charge is 0.545 e. The summed E-state index contributed by atoms with van der Waals surface area (Å²) in [4.78, 5) is 37.2. The van der Waals surface area contributed by atoms with Crippen LogP contribution in [0.1, 0.15) is 206 Å². The lowest BCUT2D eigenvalue weighted by Gasteiger charge is -2.26. The van der Waals surface area contributed by atoms with Crippen LogP contribution in [0.15, 0.2) is 122 Å². The third-order valence-corrected chi connectivity index (χ3v) is 11.7. The number of ether oxygens (including phenoxy) is 4. The minimum atomic E-state index is -1.64. The molecule has 0 N–H and O–H groups in total. The summed E-state index contributed by atoms with van der Waals surface area (Å²) < 4.78 is 22.6. The van der Waals surface area contributed by atoms with Gasteiger partial charge in [-0.25, -0.2) is 0 Å². The molecule has 0 amide bonds. The molecule has 9 heteroatoms. The molecule has 0 aliphatic rings. The Balaban J connectivity index is 4.36. The van der Waals surface area contributed by atoms with E-state index in [1.54, 1.807) is 0 Å². The number of esters is 2. The smallest absolute Gasteiger partial charge is 0.306 e. The maximum absolute atomic E-state index is 12.8. The van der Waals surface area contributed by atoms with Crippen molar-refractivity contribution in [1.82, 2.24) is 0 Å². The molecule has 0 radical (unpaired) electrons. The monoisotopic (exact) mass is 1020 g/mol. The van der Waals surface area contributed by atoms with E-state index in [0.29, 0.717) is 17.4 Å². The zero-order valence-electron chi connectivity index (χ0n) is 47.0. The lowest BCUT2D eigenvalue weighted by Crippen LogP contribution is -2.44. The van der Waals surface area contributed by atoms with Crippen LogP contribution in [0.2, 0.25) is 0 Å². The quantitative estimate of drug-likeness (QED) is 0.0195. The molecule has 73 heavy (non-hydrogen) atoms. The zero-order chi connectivity index (χ0) is 53.4. The lowest BCUT2D eigenvalue weighted by atomic mass is 10.0. The van der Waals surface area contributed by atoms with Gasteiger partial charge in [0.1, 0.15) is 13.2 Å². The van der Waals surface area contributed by atoms with E-state index in [1.165, 1.54) is 77.0 Å². The average Bonchev–Trinajstić information content (AvgIpc) is 3.36. The molecule has 0 heterocycles. The predicted molar refractivity (Wildman–Crippen MR) is 306 cm³/mol. The Bertz CT molecular complexity index is 1610. The third kappa shape index (κ3) is 55.3. The first kappa shape index (κ1) is 68.7. The molecule has 0 aromatic heterocycles. The molecule has 0 aliphatic carbocycles. The Hall–Kier alpha value is -4.31. The summed E-state index contributed by atoms with van der Waals surface area (Å²) in [6, 6.07) is 0. The van der Waals surface area contributed by atoms with Crippen molar-refractivity contribution in [3.05, 3.63) is 122 Å². The van der Waals surface area contributed by atoms with Crippen LogP contribution in [-0.2, 0) is 33.3 Å². The first-order valence-electron chi connectivity index (χ1n) is 28.7. The van der Waals surface area contributed by atoms with Gasteiger partial charge in [-0.3, -0.25) is 9.59 Å². The number of hydrogen-bond acceptors (Lipinski definition) is 8. The van der Waals surface area contributed by atoms with Crippen molar-refractivity contribution in [2.75, 3.05) is 47.5 Å². The normalized spacial score (nSPS) is 13.7. The van der Waals surface area contributed by atoms with Crippen LogP contribution >= 0.6 is 0 Å². The molecule has 0 bridgehead atoms. The highest BCUT2D eigenvalue weighted by atomic mass is 16.7. The number of nitrogens with zero attached hydrogens (tertiary/aromatic N) is 1. The number of carbonyl (C=O) groups is 3. The molecule has 2 unspecified atom stereocenters. The van der Waals surface area contributed by atoms with Gasteiger partial charge in [0.15, 0.2) is 12.4 Å². The summed E-state index contributed by atoms with van der Waals surface area (Å²) in [5.74, 6) is -2.35. The number of likely N-dealkylation sites (N-methyl/N-ethyl adjacent to an activating group) is 1. The van der Waals surface area contributed by atoms with Gasteiger partial charge in [0, 0.05) is 12.8 Å². The number of quaternary nitrogens is 1. The van der Waals surface area contributed by atoms with Gasteiger partial charge in [-0.05, 0) is 89.9 Å². The van der Waals surface area contributed by atoms with Crippen LogP contribution < -0.4 is 5.11 Å². The summed E-state index contributed by atoms with van der Waals surface area (Å²) in [5.41, 5.74) is 0. The van der Waals surface area contributed by atoms with Gasteiger partial charge in [-0.15, -0.1) is 0 Å². The summed E-state index contributed by atoms with van der Waals surface area (Å²) in [5, 5.41) is 11.8. The van der Waals surface area contributed by atoms with Crippen molar-refractivity contribution in [3.63, 3.8) is 0 Å². The Morgan fingerprint density at radius 3 is 1.16 bits per heavy atom. The number of allylic oxidation sites excluding steroid dienone is 20. The molecular weight excluding hydrogens is 911 g/mol. The number of unbranched alkanes of at least 4 members (excludes halogenated alkanes) is 16. The van der Waals surface area contributed by atoms with E-state index < -0.39 is 24.3 Å². The van der Waals surface area contributed by atoms with E-state index in [1.807, 2.05) is 21.1 Å². The van der Waals surface area contributed by atoms with Gasteiger partial charge >= 0.3 is 11.9 Å². The van der Waals surface area contributed by atoms with E-state index in [2.05, 4.69) is 135 Å². The Morgan fingerprint density at radius 1 is 0.425 bits per heavy atom. The number of carboxylic acid groups (broad SMARTS) is 1. The highest BCUT2D eigenvalue weighted by molar-refractivity contribution is 5.70. The lowest BCUT2D eigenvalue weighted by molar-refractivity contribution is -0.870. The van der Waals surface area contributed by atoms with Crippen LogP contribution in [0.3, 0.4) is 0 Å². The summed E-state index contributed by atoms with van der Waals surface area (Å²) in [6.07, 6.45) is 72.5. The van der Waals surface area contributed by atoms with Gasteiger partial charge in [0.05, 0.1) is 40.3 Å². The highest BCUT2D eigenvalue weighted by Gasteiger charge is 2.22. The Morgan fingerprint density at radius 2 is 0.781 bits per heavy atom. The molecule has 0 saturated carbocycles. The van der Waals surface area contributed by atoms with Gasteiger partial charge in [-0.1, -0.05) is 225 Å². The Kier molecular flexibility index (Phi) is 50.8. The maximum atomic E-state index is 12.8. The number of hydrogen-bond donors (Lipinski definition) is 0. The summed E-state index contributed by atoms with van der Waals surface area (Å²) >= 11 is 0. The topological polar surface area (TPSA) is 111 Å². The van der Waals surface area contributed by atoms with Crippen LogP contribution in [0.25, 0.3) is 0 Å². The molecule has 0 aliphatic heterocycles. The fraction of sp³-hybridized carbons (Fsp3) is 0.641. The van der Waals surface area contributed by atoms with Crippen LogP contribution in [0.5, 0.6) is 0 Å². The molecule has 0 fully saturated rings. The van der Waals surface area contributed by atoms with E-state index in [9.17, 15) is 19.5 Å². The molecule has 9 nitrogen and oxygen atoms in total. The van der Waals surface area contributed by atoms with E-state index in [4.69, 9.17) is 18.9 Å². The van der Waals surface area contributed by atoms with E-state index in [0.717, 1.165) is 96.3 Å². The zero-order valence-corrected chi connectivity index (χ0v) is 47.0. The average molecular weight is 1020 g/mol. The second kappa shape index (κ2) is 54.0. The van der Waals surface area contributed by atoms with Crippen molar-refractivity contribution in [2.24, 2.45) is 0 Å². The molecule has 414 valence electrons.